The summed E-state index contributed by atoms with van der Waals surface area (Å²) in [7, 11) is 8.72. The van der Waals surface area contributed by atoms with E-state index in [-0.39, 0.29) is 11.6 Å². The van der Waals surface area contributed by atoms with Crippen LogP contribution in [-0.2, 0) is 0 Å². The van der Waals surface area contributed by atoms with Gasteiger partial charge in [0.05, 0.1) is 17.7 Å². The standard InChI is InChI=1S/C14H24N6O3/c1-16-14(15)17-10-8-12(20(21)22)11(9-13(10)23-5)19(4)7-6-18(2)3/h8-9H,6-7H2,1-5H3,(H3,15,16,17). The molecular weight excluding hydrogens is 300 g/mol. The van der Waals surface area contributed by atoms with E-state index >= 15 is 0 Å². The van der Waals surface area contributed by atoms with Crippen molar-refractivity contribution in [2.24, 2.45) is 10.7 Å². The minimum absolute atomic E-state index is 0.0292. The number of hydrogen-bond acceptors (Lipinski definition) is 6. The van der Waals surface area contributed by atoms with Crippen molar-refractivity contribution in [3.05, 3.63) is 22.2 Å². The molecule has 0 bridgehead atoms. The molecule has 23 heavy (non-hydrogen) atoms. The van der Waals surface area contributed by atoms with Gasteiger partial charge in [0.25, 0.3) is 5.69 Å². The van der Waals surface area contributed by atoms with E-state index in [9.17, 15) is 10.1 Å². The quantitative estimate of drug-likeness (QED) is 0.333. The highest BCUT2D eigenvalue weighted by Crippen LogP contribution is 2.37. The molecule has 0 aliphatic rings. The lowest BCUT2D eigenvalue weighted by Gasteiger charge is -2.22. The highest BCUT2D eigenvalue weighted by molar-refractivity contribution is 5.95. The fourth-order valence-corrected chi connectivity index (χ4v) is 1.94. The lowest BCUT2D eigenvalue weighted by molar-refractivity contribution is -0.384. The molecule has 0 aromatic heterocycles. The van der Waals surface area contributed by atoms with E-state index in [1.54, 1.807) is 13.1 Å². The van der Waals surface area contributed by atoms with Gasteiger partial charge in [-0.3, -0.25) is 15.1 Å². The molecule has 0 aliphatic carbocycles. The van der Waals surface area contributed by atoms with Crippen LogP contribution in [0.4, 0.5) is 17.1 Å². The van der Waals surface area contributed by atoms with Gasteiger partial charge in [-0.2, -0.15) is 0 Å². The molecule has 1 rings (SSSR count). The van der Waals surface area contributed by atoms with Gasteiger partial charge in [0.2, 0.25) is 0 Å². The normalized spacial score (nSPS) is 11.5. The maximum atomic E-state index is 11.4. The third kappa shape index (κ3) is 4.99. The maximum absolute atomic E-state index is 11.4. The highest BCUT2D eigenvalue weighted by Gasteiger charge is 2.22. The molecule has 0 unspecified atom stereocenters. The zero-order valence-electron chi connectivity index (χ0n) is 14.2. The van der Waals surface area contributed by atoms with E-state index in [2.05, 4.69) is 10.3 Å². The molecule has 0 amide bonds. The molecular formula is C14H24N6O3. The Kier molecular flexibility index (Phi) is 6.58. The fraction of sp³-hybridized carbons (Fsp3) is 0.500. The Morgan fingerprint density at radius 2 is 2.04 bits per heavy atom. The molecule has 9 heteroatoms. The van der Waals surface area contributed by atoms with E-state index in [4.69, 9.17) is 10.5 Å². The number of nitrogens with two attached hydrogens (primary N) is 1. The van der Waals surface area contributed by atoms with E-state index in [0.717, 1.165) is 6.54 Å². The summed E-state index contributed by atoms with van der Waals surface area (Å²) >= 11 is 0. The molecule has 128 valence electrons. The predicted octanol–water partition coefficient (Wildman–Crippen LogP) is 0.958. The summed E-state index contributed by atoms with van der Waals surface area (Å²) in [6, 6.07) is 3.03. The van der Waals surface area contributed by atoms with Crippen molar-refractivity contribution in [2.75, 3.05) is 58.6 Å². The number of aliphatic imine (C=N–C) groups is 1. The van der Waals surface area contributed by atoms with Crippen LogP contribution in [0.2, 0.25) is 0 Å². The zero-order valence-corrected chi connectivity index (χ0v) is 14.2. The first-order chi connectivity index (χ1) is 10.8. The van der Waals surface area contributed by atoms with Crippen molar-refractivity contribution in [3.8, 4) is 5.75 Å². The van der Waals surface area contributed by atoms with Gasteiger partial charge < -0.3 is 25.6 Å². The van der Waals surface area contributed by atoms with Crippen LogP contribution in [0.25, 0.3) is 0 Å². The van der Waals surface area contributed by atoms with Crippen molar-refractivity contribution >= 4 is 23.0 Å². The highest BCUT2D eigenvalue weighted by atomic mass is 16.6. The number of nitrogens with one attached hydrogen (secondary N) is 1. The Labute approximate surface area is 135 Å². The number of likely N-dealkylation sites (N-methyl/N-ethyl adjacent to an activating group) is 2. The van der Waals surface area contributed by atoms with Gasteiger partial charge in [-0.25, -0.2) is 0 Å². The molecule has 0 radical (unpaired) electrons. The van der Waals surface area contributed by atoms with E-state index in [0.29, 0.717) is 23.7 Å². The topological polar surface area (TPSA) is 109 Å². The van der Waals surface area contributed by atoms with Crippen molar-refractivity contribution in [3.63, 3.8) is 0 Å². The minimum Gasteiger partial charge on any atom is -0.494 e. The minimum atomic E-state index is -0.425. The summed E-state index contributed by atoms with van der Waals surface area (Å²) in [5.41, 5.74) is 6.48. The number of benzene rings is 1. The second-order valence-electron chi connectivity index (χ2n) is 5.26. The summed E-state index contributed by atoms with van der Waals surface area (Å²) in [6.07, 6.45) is 0. The first-order valence-corrected chi connectivity index (χ1v) is 7.01. The van der Waals surface area contributed by atoms with Gasteiger partial charge in [0.1, 0.15) is 11.4 Å². The Morgan fingerprint density at radius 1 is 1.39 bits per heavy atom. The Balaban J connectivity index is 3.26. The van der Waals surface area contributed by atoms with Crippen LogP contribution in [0.15, 0.2) is 17.1 Å². The Bertz CT molecular complexity index is 588. The Morgan fingerprint density at radius 3 is 2.52 bits per heavy atom. The smallest absolute Gasteiger partial charge is 0.294 e. The number of nitro benzene ring substituents is 1. The molecule has 0 heterocycles. The van der Waals surface area contributed by atoms with Gasteiger partial charge in [0, 0.05) is 39.3 Å². The second-order valence-corrected chi connectivity index (χ2v) is 5.26. The average Bonchev–Trinajstić information content (AvgIpc) is 2.51. The zero-order chi connectivity index (χ0) is 17.6. The van der Waals surface area contributed by atoms with Gasteiger partial charge >= 0.3 is 0 Å². The number of guanidine groups is 1. The summed E-state index contributed by atoms with van der Waals surface area (Å²) in [6.45, 7) is 1.41. The molecule has 0 fully saturated rings. The number of hydrogen-bond donors (Lipinski definition) is 2. The summed E-state index contributed by atoms with van der Waals surface area (Å²) in [5, 5.41) is 14.2. The number of methoxy groups -OCH3 is 1. The number of nitro groups is 1. The third-order valence-corrected chi connectivity index (χ3v) is 3.29. The molecule has 9 nitrogen and oxygen atoms in total. The first-order valence-electron chi connectivity index (χ1n) is 7.01. The number of nitrogens with zero attached hydrogens (tertiary/aromatic N) is 4. The lowest BCUT2D eigenvalue weighted by atomic mass is 10.2. The van der Waals surface area contributed by atoms with Crippen LogP contribution >= 0.6 is 0 Å². The predicted molar refractivity (Wildman–Crippen MR) is 92.6 cm³/mol. The molecule has 1 aromatic rings. The summed E-state index contributed by atoms with van der Waals surface area (Å²) in [5.74, 6) is 0.597. The van der Waals surface area contributed by atoms with E-state index in [1.165, 1.54) is 20.2 Å². The van der Waals surface area contributed by atoms with Crippen molar-refractivity contribution in [1.82, 2.24) is 4.90 Å². The lowest BCUT2D eigenvalue weighted by Crippen LogP contribution is -2.29. The molecule has 0 aliphatic heterocycles. The van der Waals surface area contributed by atoms with Gasteiger partial charge in [-0.15, -0.1) is 0 Å². The fourth-order valence-electron chi connectivity index (χ4n) is 1.94. The number of anilines is 2. The van der Waals surface area contributed by atoms with Crippen molar-refractivity contribution in [1.29, 1.82) is 0 Å². The van der Waals surface area contributed by atoms with Crippen LogP contribution in [0.3, 0.4) is 0 Å². The molecule has 0 saturated carbocycles. The number of rotatable bonds is 7. The molecule has 0 saturated heterocycles. The van der Waals surface area contributed by atoms with Crippen LogP contribution in [-0.4, -0.2) is 64.2 Å². The third-order valence-electron chi connectivity index (χ3n) is 3.29. The summed E-state index contributed by atoms with van der Waals surface area (Å²) in [4.78, 5) is 18.6. The van der Waals surface area contributed by atoms with Gasteiger partial charge in [0.15, 0.2) is 5.96 Å². The van der Waals surface area contributed by atoms with Gasteiger partial charge in [-0.05, 0) is 14.1 Å². The second kappa shape index (κ2) is 8.18. The van der Waals surface area contributed by atoms with E-state index in [1.807, 2.05) is 23.9 Å². The molecule has 0 spiro atoms. The van der Waals surface area contributed by atoms with Crippen LogP contribution in [0.1, 0.15) is 0 Å². The maximum Gasteiger partial charge on any atom is 0.294 e. The Hall–Kier alpha value is -2.55. The van der Waals surface area contributed by atoms with Crippen molar-refractivity contribution in [2.45, 2.75) is 0 Å². The molecule has 1 aromatic carbocycles. The largest absolute Gasteiger partial charge is 0.494 e. The van der Waals surface area contributed by atoms with Crippen LogP contribution in [0, 0.1) is 10.1 Å². The molecule has 0 atom stereocenters. The molecule has 3 N–H and O–H groups in total. The number of ether oxygens (including phenoxy) is 1. The van der Waals surface area contributed by atoms with Gasteiger partial charge in [-0.1, -0.05) is 0 Å². The monoisotopic (exact) mass is 324 g/mol. The summed E-state index contributed by atoms with van der Waals surface area (Å²) < 4.78 is 5.31. The SMILES string of the molecule is CN=C(N)Nc1cc([N+](=O)[O-])c(N(C)CCN(C)C)cc1OC. The van der Waals surface area contributed by atoms with Crippen molar-refractivity contribution < 1.29 is 9.66 Å². The first kappa shape index (κ1) is 18.5. The van der Waals surface area contributed by atoms with Crippen LogP contribution in [0.5, 0.6) is 5.75 Å². The van der Waals surface area contributed by atoms with E-state index < -0.39 is 4.92 Å². The van der Waals surface area contributed by atoms with Crippen LogP contribution < -0.4 is 20.7 Å². The average molecular weight is 324 g/mol.